The Morgan fingerprint density at radius 3 is 2.33 bits per heavy atom. The molecule has 0 spiro atoms. The number of hydrogen-bond acceptors (Lipinski definition) is 3. The van der Waals surface area contributed by atoms with Crippen LogP contribution in [-0.4, -0.2) is 42.8 Å². The lowest BCUT2D eigenvalue weighted by molar-refractivity contribution is 0.186. The van der Waals surface area contributed by atoms with Crippen molar-refractivity contribution in [2.45, 2.75) is 40.0 Å². The van der Waals surface area contributed by atoms with E-state index in [1.807, 2.05) is 0 Å². The summed E-state index contributed by atoms with van der Waals surface area (Å²) in [5, 5.41) is 8.91. The van der Waals surface area contributed by atoms with Crippen molar-refractivity contribution in [3.8, 4) is 0 Å². The van der Waals surface area contributed by atoms with Crippen LogP contribution in [0.15, 0.2) is 0 Å². The van der Waals surface area contributed by atoms with Gasteiger partial charge in [-0.15, -0.1) is 0 Å². The number of aliphatic hydroxyl groups excluding tert-OH is 1. The standard InChI is InChI=1S/C12H28N2O/c1-4-7-14(9-10-15)8-5-6-12(2,3)11-13/h15H,4-11,13H2,1-3H3. The van der Waals surface area contributed by atoms with E-state index in [0.717, 1.165) is 39.0 Å². The van der Waals surface area contributed by atoms with Gasteiger partial charge >= 0.3 is 0 Å². The smallest absolute Gasteiger partial charge is 0.0558 e. The molecule has 3 nitrogen and oxygen atoms in total. The highest BCUT2D eigenvalue weighted by Crippen LogP contribution is 2.20. The van der Waals surface area contributed by atoms with Crippen LogP contribution in [0.2, 0.25) is 0 Å². The predicted octanol–water partition coefficient (Wildman–Crippen LogP) is 1.46. The van der Waals surface area contributed by atoms with E-state index in [1.165, 1.54) is 6.42 Å². The Kier molecular flexibility index (Phi) is 8.02. The predicted molar refractivity (Wildman–Crippen MR) is 65.9 cm³/mol. The number of nitrogens with two attached hydrogens (primary N) is 1. The van der Waals surface area contributed by atoms with E-state index in [1.54, 1.807) is 0 Å². The summed E-state index contributed by atoms with van der Waals surface area (Å²) in [6, 6.07) is 0. The van der Waals surface area contributed by atoms with E-state index >= 15 is 0 Å². The maximum absolute atomic E-state index is 8.91. The molecule has 0 unspecified atom stereocenters. The van der Waals surface area contributed by atoms with Crippen LogP contribution in [0.25, 0.3) is 0 Å². The van der Waals surface area contributed by atoms with E-state index in [2.05, 4.69) is 25.7 Å². The van der Waals surface area contributed by atoms with E-state index in [-0.39, 0.29) is 12.0 Å². The van der Waals surface area contributed by atoms with Crippen molar-refractivity contribution in [1.29, 1.82) is 0 Å². The van der Waals surface area contributed by atoms with Gasteiger partial charge in [-0.3, -0.25) is 0 Å². The zero-order chi connectivity index (χ0) is 11.7. The summed E-state index contributed by atoms with van der Waals surface area (Å²) in [4.78, 5) is 2.33. The van der Waals surface area contributed by atoms with Gasteiger partial charge < -0.3 is 15.7 Å². The van der Waals surface area contributed by atoms with Crippen LogP contribution in [0.4, 0.5) is 0 Å². The Hall–Kier alpha value is -0.120. The van der Waals surface area contributed by atoms with Gasteiger partial charge in [-0.1, -0.05) is 20.8 Å². The second-order valence-electron chi connectivity index (χ2n) is 5.04. The SMILES string of the molecule is CCCN(CCO)CCCC(C)(C)CN. The number of aliphatic hydroxyl groups is 1. The Morgan fingerprint density at radius 1 is 1.20 bits per heavy atom. The lowest BCUT2D eigenvalue weighted by atomic mass is 9.88. The first-order chi connectivity index (χ1) is 7.05. The van der Waals surface area contributed by atoms with E-state index in [4.69, 9.17) is 10.8 Å². The van der Waals surface area contributed by atoms with Crippen molar-refractivity contribution in [2.75, 3.05) is 32.8 Å². The van der Waals surface area contributed by atoms with Gasteiger partial charge in [-0.25, -0.2) is 0 Å². The van der Waals surface area contributed by atoms with Gasteiger partial charge in [0.2, 0.25) is 0 Å². The van der Waals surface area contributed by atoms with Crippen LogP contribution >= 0.6 is 0 Å². The largest absolute Gasteiger partial charge is 0.395 e. The molecule has 0 fully saturated rings. The fourth-order valence-corrected chi connectivity index (χ4v) is 1.68. The Labute approximate surface area is 94.6 Å². The quantitative estimate of drug-likeness (QED) is 0.613. The van der Waals surface area contributed by atoms with Crippen LogP contribution in [-0.2, 0) is 0 Å². The highest BCUT2D eigenvalue weighted by Gasteiger charge is 2.15. The molecule has 3 heteroatoms. The van der Waals surface area contributed by atoms with Gasteiger partial charge in [0.1, 0.15) is 0 Å². The average molecular weight is 216 g/mol. The van der Waals surface area contributed by atoms with Crippen LogP contribution < -0.4 is 5.73 Å². The third kappa shape index (κ3) is 7.77. The average Bonchev–Trinajstić information content (AvgIpc) is 2.18. The Morgan fingerprint density at radius 2 is 1.87 bits per heavy atom. The molecule has 0 aliphatic carbocycles. The molecule has 0 aliphatic rings. The molecule has 0 rings (SSSR count). The molecule has 0 amide bonds. The fourth-order valence-electron chi connectivity index (χ4n) is 1.68. The van der Waals surface area contributed by atoms with Gasteiger partial charge in [0.15, 0.2) is 0 Å². The summed E-state index contributed by atoms with van der Waals surface area (Å²) in [6.45, 7) is 10.6. The van der Waals surface area contributed by atoms with Crippen molar-refractivity contribution < 1.29 is 5.11 Å². The maximum Gasteiger partial charge on any atom is 0.0558 e. The molecule has 3 N–H and O–H groups in total. The molecular weight excluding hydrogens is 188 g/mol. The van der Waals surface area contributed by atoms with Crippen molar-refractivity contribution >= 4 is 0 Å². The molecule has 92 valence electrons. The van der Waals surface area contributed by atoms with Gasteiger partial charge in [0, 0.05) is 6.54 Å². The van der Waals surface area contributed by atoms with Crippen molar-refractivity contribution in [3.05, 3.63) is 0 Å². The van der Waals surface area contributed by atoms with Gasteiger partial charge in [-0.2, -0.15) is 0 Å². The minimum Gasteiger partial charge on any atom is -0.395 e. The molecule has 0 saturated heterocycles. The van der Waals surface area contributed by atoms with Crippen LogP contribution in [0.3, 0.4) is 0 Å². The molecule has 0 saturated carbocycles. The lowest BCUT2D eigenvalue weighted by Crippen LogP contribution is -2.30. The fraction of sp³-hybridized carbons (Fsp3) is 1.00. The molecule has 0 heterocycles. The molecule has 15 heavy (non-hydrogen) atoms. The highest BCUT2D eigenvalue weighted by atomic mass is 16.3. The molecule has 0 atom stereocenters. The van der Waals surface area contributed by atoms with Crippen LogP contribution in [0.5, 0.6) is 0 Å². The lowest BCUT2D eigenvalue weighted by Gasteiger charge is -2.25. The second-order valence-corrected chi connectivity index (χ2v) is 5.04. The second kappa shape index (κ2) is 8.08. The molecule has 0 bridgehead atoms. The first kappa shape index (κ1) is 14.9. The first-order valence-corrected chi connectivity index (χ1v) is 6.09. The van der Waals surface area contributed by atoms with Crippen molar-refractivity contribution in [1.82, 2.24) is 4.90 Å². The molecule has 0 aliphatic heterocycles. The Balaban J connectivity index is 3.69. The van der Waals surface area contributed by atoms with Crippen LogP contribution in [0.1, 0.15) is 40.0 Å². The van der Waals surface area contributed by atoms with Crippen molar-refractivity contribution in [3.63, 3.8) is 0 Å². The first-order valence-electron chi connectivity index (χ1n) is 6.09. The Bertz CT molecular complexity index is 143. The third-order valence-electron chi connectivity index (χ3n) is 2.84. The summed E-state index contributed by atoms with van der Waals surface area (Å²) in [6.07, 6.45) is 3.49. The van der Waals surface area contributed by atoms with Crippen LogP contribution in [0, 0.1) is 5.41 Å². The topological polar surface area (TPSA) is 49.5 Å². The summed E-state index contributed by atoms with van der Waals surface area (Å²) in [5.74, 6) is 0. The molecular formula is C12H28N2O. The molecule has 0 aromatic carbocycles. The maximum atomic E-state index is 8.91. The number of rotatable bonds is 9. The van der Waals surface area contributed by atoms with E-state index in [0.29, 0.717) is 0 Å². The zero-order valence-electron chi connectivity index (χ0n) is 10.6. The monoisotopic (exact) mass is 216 g/mol. The number of hydrogen-bond donors (Lipinski definition) is 2. The summed E-state index contributed by atoms with van der Waals surface area (Å²) in [5.41, 5.74) is 5.95. The summed E-state index contributed by atoms with van der Waals surface area (Å²) < 4.78 is 0. The zero-order valence-corrected chi connectivity index (χ0v) is 10.6. The van der Waals surface area contributed by atoms with Gasteiger partial charge in [-0.05, 0) is 44.3 Å². The summed E-state index contributed by atoms with van der Waals surface area (Å²) >= 11 is 0. The van der Waals surface area contributed by atoms with Gasteiger partial charge in [0.05, 0.1) is 6.61 Å². The normalized spacial score (nSPS) is 12.4. The highest BCUT2D eigenvalue weighted by molar-refractivity contribution is 4.70. The van der Waals surface area contributed by atoms with E-state index in [9.17, 15) is 0 Å². The van der Waals surface area contributed by atoms with Gasteiger partial charge in [0.25, 0.3) is 0 Å². The third-order valence-corrected chi connectivity index (χ3v) is 2.84. The number of nitrogens with zero attached hydrogens (tertiary/aromatic N) is 1. The summed E-state index contributed by atoms with van der Waals surface area (Å²) in [7, 11) is 0. The molecule has 0 aromatic rings. The minimum atomic E-state index is 0.261. The minimum absolute atomic E-state index is 0.261. The molecule has 0 radical (unpaired) electrons. The molecule has 0 aromatic heterocycles. The van der Waals surface area contributed by atoms with E-state index < -0.39 is 0 Å². The van der Waals surface area contributed by atoms with Crippen molar-refractivity contribution in [2.24, 2.45) is 11.1 Å².